The molecule has 4 heteroatoms. The molecule has 0 saturated carbocycles. The number of hydrogen-bond donors (Lipinski definition) is 1. The molecule has 1 heterocycles. The Labute approximate surface area is 130 Å². The van der Waals surface area contributed by atoms with Crippen molar-refractivity contribution >= 4 is 35.0 Å². The van der Waals surface area contributed by atoms with Gasteiger partial charge in [0.1, 0.15) is 0 Å². The Morgan fingerprint density at radius 2 is 1.94 bits per heavy atom. The van der Waals surface area contributed by atoms with E-state index in [9.17, 15) is 0 Å². The smallest absolute Gasteiger partial charge is 0.0233 e. The maximum Gasteiger partial charge on any atom is 0.0233 e. The molecule has 0 amide bonds. The van der Waals surface area contributed by atoms with Crippen molar-refractivity contribution in [2.45, 2.75) is 31.8 Å². The van der Waals surface area contributed by atoms with Crippen molar-refractivity contribution < 1.29 is 0 Å². The van der Waals surface area contributed by atoms with Crippen LogP contribution in [0.2, 0.25) is 0 Å². The standard InChI is InChI=1S/C14H21IN2.ClH/c1-17(14-3-2-9-16-10-8-14)11-12-4-6-13(15)7-5-12;/h4-7,14,16H,2-3,8-11H2,1H3;1H. The van der Waals surface area contributed by atoms with Crippen LogP contribution in [0.15, 0.2) is 24.3 Å². The van der Waals surface area contributed by atoms with Crippen molar-refractivity contribution in [1.82, 2.24) is 10.2 Å². The van der Waals surface area contributed by atoms with Crippen LogP contribution in [0.4, 0.5) is 0 Å². The van der Waals surface area contributed by atoms with Crippen molar-refractivity contribution in [2.24, 2.45) is 0 Å². The number of rotatable bonds is 3. The fraction of sp³-hybridized carbons (Fsp3) is 0.571. The third-order valence-corrected chi connectivity index (χ3v) is 4.23. The number of nitrogens with one attached hydrogen (secondary N) is 1. The van der Waals surface area contributed by atoms with Crippen LogP contribution in [0.5, 0.6) is 0 Å². The Bertz CT molecular complexity index is 334. The summed E-state index contributed by atoms with van der Waals surface area (Å²) >= 11 is 2.36. The Morgan fingerprint density at radius 3 is 2.67 bits per heavy atom. The van der Waals surface area contributed by atoms with Gasteiger partial charge in [-0.3, -0.25) is 4.90 Å². The lowest BCUT2D eigenvalue weighted by atomic mass is 10.1. The second-order valence-corrected chi connectivity index (χ2v) is 6.12. The maximum absolute atomic E-state index is 3.48. The molecule has 0 aliphatic carbocycles. The Balaban J connectivity index is 0.00000162. The zero-order valence-electron chi connectivity index (χ0n) is 10.9. The van der Waals surface area contributed by atoms with E-state index in [2.05, 4.69) is 64.1 Å². The predicted molar refractivity (Wildman–Crippen MR) is 88.4 cm³/mol. The Hall–Kier alpha value is 0.160. The summed E-state index contributed by atoms with van der Waals surface area (Å²) in [5, 5.41) is 3.48. The summed E-state index contributed by atoms with van der Waals surface area (Å²) in [6.07, 6.45) is 3.91. The van der Waals surface area contributed by atoms with Crippen LogP contribution in [0.1, 0.15) is 24.8 Å². The van der Waals surface area contributed by atoms with Gasteiger partial charge < -0.3 is 5.32 Å². The van der Waals surface area contributed by atoms with Crippen molar-refractivity contribution in [2.75, 3.05) is 20.1 Å². The molecule has 18 heavy (non-hydrogen) atoms. The molecule has 2 rings (SSSR count). The third-order valence-electron chi connectivity index (χ3n) is 3.51. The van der Waals surface area contributed by atoms with Crippen LogP contribution in [-0.2, 0) is 6.54 Å². The number of nitrogens with zero attached hydrogens (tertiary/aromatic N) is 1. The van der Waals surface area contributed by atoms with E-state index < -0.39 is 0 Å². The van der Waals surface area contributed by atoms with Gasteiger partial charge in [-0.05, 0) is 79.7 Å². The van der Waals surface area contributed by atoms with E-state index in [1.807, 2.05) is 0 Å². The highest BCUT2D eigenvalue weighted by atomic mass is 127. The van der Waals surface area contributed by atoms with E-state index in [1.54, 1.807) is 0 Å². The second kappa shape index (κ2) is 8.35. The maximum atomic E-state index is 3.48. The quantitative estimate of drug-likeness (QED) is 0.810. The normalized spacial score (nSPS) is 20.3. The topological polar surface area (TPSA) is 15.3 Å². The van der Waals surface area contributed by atoms with E-state index >= 15 is 0 Å². The van der Waals surface area contributed by atoms with Crippen LogP contribution in [-0.4, -0.2) is 31.1 Å². The minimum atomic E-state index is 0. The van der Waals surface area contributed by atoms with Gasteiger partial charge >= 0.3 is 0 Å². The van der Waals surface area contributed by atoms with Gasteiger partial charge in [-0.25, -0.2) is 0 Å². The molecule has 0 bridgehead atoms. The molecule has 0 aromatic heterocycles. The molecule has 1 aromatic carbocycles. The van der Waals surface area contributed by atoms with E-state index in [-0.39, 0.29) is 12.4 Å². The molecule has 2 nitrogen and oxygen atoms in total. The second-order valence-electron chi connectivity index (χ2n) is 4.88. The average molecular weight is 381 g/mol. The first kappa shape index (κ1) is 16.2. The first-order chi connectivity index (χ1) is 8.25. The lowest BCUT2D eigenvalue weighted by Gasteiger charge is -2.26. The lowest BCUT2D eigenvalue weighted by molar-refractivity contribution is 0.216. The van der Waals surface area contributed by atoms with Crippen molar-refractivity contribution in [3.05, 3.63) is 33.4 Å². The minimum Gasteiger partial charge on any atom is -0.317 e. The van der Waals surface area contributed by atoms with Crippen LogP contribution < -0.4 is 5.32 Å². The van der Waals surface area contributed by atoms with Crippen molar-refractivity contribution in [1.29, 1.82) is 0 Å². The van der Waals surface area contributed by atoms with Crippen LogP contribution in [0.25, 0.3) is 0 Å². The van der Waals surface area contributed by atoms with E-state index in [0.29, 0.717) is 0 Å². The molecule has 102 valence electrons. The van der Waals surface area contributed by atoms with E-state index in [1.165, 1.54) is 41.5 Å². The van der Waals surface area contributed by atoms with E-state index in [0.717, 1.165) is 12.6 Å². The summed E-state index contributed by atoms with van der Waals surface area (Å²) in [5.74, 6) is 0. The van der Waals surface area contributed by atoms with Crippen molar-refractivity contribution in [3.8, 4) is 0 Å². The van der Waals surface area contributed by atoms with Crippen LogP contribution in [0.3, 0.4) is 0 Å². The SMILES string of the molecule is CN(Cc1ccc(I)cc1)C1CCCNCC1.Cl. The third kappa shape index (κ3) is 5.03. The van der Waals surface area contributed by atoms with Crippen molar-refractivity contribution in [3.63, 3.8) is 0 Å². The van der Waals surface area contributed by atoms with Gasteiger partial charge in [0.25, 0.3) is 0 Å². The highest BCUT2D eigenvalue weighted by Crippen LogP contribution is 2.15. The molecule has 1 aromatic rings. The monoisotopic (exact) mass is 380 g/mol. The molecule has 0 radical (unpaired) electrons. The highest BCUT2D eigenvalue weighted by Gasteiger charge is 2.16. The Morgan fingerprint density at radius 1 is 1.22 bits per heavy atom. The summed E-state index contributed by atoms with van der Waals surface area (Å²) in [4.78, 5) is 2.51. The van der Waals surface area contributed by atoms with Gasteiger partial charge in [0.15, 0.2) is 0 Å². The van der Waals surface area contributed by atoms with Gasteiger partial charge in [0.2, 0.25) is 0 Å². The molecule has 0 spiro atoms. The minimum absolute atomic E-state index is 0. The highest BCUT2D eigenvalue weighted by molar-refractivity contribution is 14.1. The Kier molecular flexibility index (Phi) is 7.53. The fourth-order valence-electron chi connectivity index (χ4n) is 2.45. The summed E-state index contributed by atoms with van der Waals surface area (Å²) in [7, 11) is 2.26. The summed E-state index contributed by atoms with van der Waals surface area (Å²) in [6.45, 7) is 3.43. The molecule has 1 unspecified atom stereocenters. The number of halogens is 2. The first-order valence-electron chi connectivity index (χ1n) is 6.41. The molecular formula is C14H22ClIN2. The van der Waals surface area contributed by atoms with Gasteiger partial charge in [-0.1, -0.05) is 12.1 Å². The summed E-state index contributed by atoms with van der Waals surface area (Å²) in [5.41, 5.74) is 1.42. The number of hydrogen-bond acceptors (Lipinski definition) is 2. The molecule has 1 N–H and O–H groups in total. The molecular weight excluding hydrogens is 359 g/mol. The molecule has 1 aliphatic heterocycles. The lowest BCUT2D eigenvalue weighted by Crippen LogP contribution is -2.31. The van der Waals surface area contributed by atoms with E-state index in [4.69, 9.17) is 0 Å². The zero-order valence-corrected chi connectivity index (χ0v) is 13.8. The zero-order chi connectivity index (χ0) is 12.1. The molecule has 1 atom stereocenters. The number of benzene rings is 1. The fourth-order valence-corrected chi connectivity index (χ4v) is 2.81. The van der Waals surface area contributed by atoms with Gasteiger partial charge in [0.05, 0.1) is 0 Å². The van der Waals surface area contributed by atoms with Crippen LogP contribution >= 0.6 is 35.0 Å². The summed E-state index contributed by atoms with van der Waals surface area (Å²) in [6, 6.07) is 9.61. The van der Waals surface area contributed by atoms with Gasteiger partial charge in [-0.15, -0.1) is 12.4 Å². The van der Waals surface area contributed by atoms with Crippen LogP contribution in [0, 0.1) is 3.57 Å². The first-order valence-corrected chi connectivity index (χ1v) is 7.49. The average Bonchev–Trinajstić information content (AvgIpc) is 2.61. The van der Waals surface area contributed by atoms with Gasteiger partial charge in [-0.2, -0.15) is 0 Å². The van der Waals surface area contributed by atoms with Gasteiger partial charge in [0, 0.05) is 16.2 Å². The summed E-state index contributed by atoms with van der Waals surface area (Å²) < 4.78 is 1.31. The molecule has 1 aliphatic rings. The molecule has 1 fully saturated rings. The largest absolute Gasteiger partial charge is 0.317 e. The molecule has 1 saturated heterocycles. The predicted octanol–water partition coefficient (Wildman–Crippen LogP) is 3.29.